The van der Waals surface area contributed by atoms with E-state index in [2.05, 4.69) is 82.7 Å². The quantitative estimate of drug-likeness (QED) is 0.0908. The molecule has 9 rings (SSSR count). The Morgan fingerprint density at radius 2 is 1.23 bits per heavy atom. The SMILES string of the molecule is C=C1C(COCc2ccccc2)C(OCc2ccccc2)CC1n1cnc2c(OCc3ccccc3)nc(NC(c3ccccc3)c3ccc(-c4ccc(OC)cc4)cc3)nc21. The van der Waals surface area contributed by atoms with Gasteiger partial charge in [-0.15, -0.1) is 0 Å². The Hall–Kier alpha value is -7.07. The van der Waals surface area contributed by atoms with Crippen molar-refractivity contribution in [3.05, 3.63) is 216 Å². The van der Waals surface area contributed by atoms with E-state index in [1.807, 2.05) is 103 Å². The van der Waals surface area contributed by atoms with Gasteiger partial charge in [-0.25, -0.2) is 4.98 Å². The molecule has 9 heteroatoms. The van der Waals surface area contributed by atoms with Gasteiger partial charge >= 0.3 is 0 Å². The molecule has 4 unspecified atom stereocenters. The molecule has 1 aliphatic carbocycles. The van der Waals surface area contributed by atoms with E-state index in [4.69, 9.17) is 40.5 Å². The first kappa shape index (κ1) is 40.3. The number of rotatable bonds is 17. The molecule has 8 aromatic rings. The molecule has 310 valence electrons. The van der Waals surface area contributed by atoms with Gasteiger partial charge in [0.1, 0.15) is 12.4 Å². The second-order valence-corrected chi connectivity index (χ2v) is 15.6. The first-order valence-electron chi connectivity index (χ1n) is 21.0. The zero-order valence-corrected chi connectivity index (χ0v) is 34.7. The van der Waals surface area contributed by atoms with Crippen LogP contribution in [0.1, 0.15) is 46.3 Å². The first-order chi connectivity index (χ1) is 30.6. The van der Waals surface area contributed by atoms with E-state index < -0.39 is 0 Å². The normalized spacial score (nSPS) is 16.6. The van der Waals surface area contributed by atoms with E-state index >= 15 is 0 Å². The van der Waals surface area contributed by atoms with Crippen LogP contribution in [0, 0.1) is 5.92 Å². The van der Waals surface area contributed by atoms with Gasteiger partial charge in [-0.3, -0.25) is 0 Å². The highest BCUT2D eigenvalue weighted by atomic mass is 16.5. The monoisotopic (exact) mass is 819 g/mol. The molecular formula is C53H49N5O4. The van der Waals surface area contributed by atoms with Crippen molar-refractivity contribution in [3.63, 3.8) is 0 Å². The number of fused-ring (bicyclic) bond motifs is 1. The number of nitrogens with zero attached hydrogens (tertiary/aromatic N) is 4. The predicted octanol–water partition coefficient (Wildman–Crippen LogP) is 11.2. The van der Waals surface area contributed by atoms with E-state index in [1.165, 1.54) is 0 Å². The van der Waals surface area contributed by atoms with Crippen molar-refractivity contribution in [1.29, 1.82) is 0 Å². The highest BCUT2D eigenvalue weighted by molar-refractivity contribution is 5.78. The standard InChI is InChI=1S/C53H49N5O4/c1-37-46(35-60-32-38-15-7-3-8-16-38)48(61-33-39-17-9-4-10-18-39)31-47(37)58-36-54-50-51(58)56-53(57-52(50)62-34-40-19-11-5-12-20-40)55-49(43-21-13-6-14-22-43)44-25-23-41(24-26-44)42-27-29-45(59-2)30-28-42/h3-30,36,46-49H,1,31-35H2,2H3,(H,55,56,57). The summed E-state index contributed by atoms with van der Waals surface area (Å²) in [6.07, 6.45) is 2.37. The van der Waals surface area contributed by atoms with Crippen molar-refractivity contribution in [2.75, 3.05) is 19.0 Å². The summed E-state index contributed by atoms with van der Waals surface area (Å²) in [5.41, 5.74) is 9.82. The summed E-state index contributed by atoms with van der Waals surface area (Å²) in [6.45, 7) is 6.48. The molecule has 2 aromatic heterocycles. The van der Waals surface area contributed by atoms with Gasteiger partial charge in [0.2, 0.25) is 11.8 Å². The van der Waals surface area contributed by atoms with Gasteiger partial charge in [0.05, 0.1) is 51.4 Å². The van der Waals surface area contributed by atoms with Crippen LogP contribution in [0.4, 0.5) is 5.95 Å². The zero-order valence-electron chi connectivity index (χ0n) is 34.7. The average Bonchev–Trinajstić information content (AvgIpc) is 3.90. The third-order valence-corrected chi connectivity index (χ3v) is 11.5. The van der Waals surface area contributed by atoms with E-state index in [9.17, 15) is 0 Å². The van der Waals surface area contributed by atoms with Crippen LogP contribution in [0.25, 0.3) is 22.3 Å². The summed E-state index contributed by atoms with van der Waals surface area (Å²) < 4.78 is 27.1. The minimum absolute atomic E-state index is 0.0542. The van der Waals surface area contributed by atoms with E-state index in [1.54, 1.807) is 7.11 Å². The fourth-order valence-corrected chi connectivity index (χ4v) is 8.16. The van der Waals surface area contributed by atoms with Gasteiger partial charge in [-0.1, -0.05) is 164 Å². The molecular weight excluding hydrogens is 771 g/mol. The number of aromatic nitrogens is 4. The third-order valence-electron chi connectivity index (χ3n) is 11.5. The lowest BCUT2D eigenvalue weighted by Gasteiger charge is -2.21. The Morgan fingerprint density at radius 3 is 1.85 bits per heavy atom. The maximum absolute atomic E-state index is 6.70. The summed E-state index contributed by atoms with van der Waals surface area (Å²) in [4.78, 5) is 15.1. The lowest BCUT2D eigenvalue weighted by Crippen LogP contribution is -2.23. The largest absolute Gasteiger partial charge is 0.497 e. The Labute approximate surface area is 362 Å². The van der Waals surface area contributed by atoms with Gasteiger partial charge in [-0.05, 0) is 63.1 Å². The van der Waals surface area contributed by atoms with Crippen molar-refractivity contribution in [1.82, 2.24) is 19.5 Å². The molecule has 1 N–H and O–H groups in total. The van der Waals surface area contributed by atoms with Crippen LogP contribution in [0.3, 0.4) is 0 Å². The number of anilines is 1. The molecule has 0 aliphatic heterocycles. The summed E-state index contributed by atoms with van der Waals surface area (Å²) >= 11 is 0. The highest BCUT2D eigenvalue weighted by Gasteiger charge is 2.40. The number of imidazole rings is 1. The van der Waals surface area contributed by atoms with E-state index in [-0.39, 0.29) is 24.1 Å². The summed E-state index contributed by atoms with van der Waals surface area (Å²) in [6, 6.07) is 57.2. The van der Waals surface area contributed by atoms with Gasteiger partial charge in [-0.2, -0.15) is 9.97 Å². The van der Waals surface area contributed by atoms with Crippen LogP contribution in [-0.2, 0) is 29.3 Å². The Bertz CT molecular complexity index is 2680. The van der Waals surface area contributed by atoms with Gasteiger partial charge < -0.3 is 28.8 Å². The average molecular weight is 820 g/mol. The maximum atomic E-state index is 6.70. The van der Waals surface area contributed by atoms with Crippen molar-refractivity contribution >= 4 is 17.1 Å². The first-order valence-corrected chi connectivity index (χ1v) is 21.0. The Morgan fingerprint density at radius 1 is 0.661 bits per heavy atom. The van der Waals surface area contributed by atoms with Crippen LogP contribution < -0.4 is 14.8 Å². The zero-order chi connectivity index (χ0) is 42.1. The molecule has 1 saturated carbocycles. The number of ether oxygens (including phenoxy) is 4. The number of hydrogen-bond acceptors (Lipinski definition) is 8. The molecule has 1 fully saturated rings. The lowest BCUT2D eigenvalue weighted by molar-refractivity contribution is -0.0122. The van der Waals surface area contributed by atoms with Gasteiger partial charge in [0.25, 0.3) is 0 Å². The molecule has 0 spiro atoms. The second kappa shape index (κ2) is 19.1. The van der Waals surface area contributed by atoms with Crippen LogP contribution in [0.5, 0.6) is 11.6 Å². The molecule has 2 heterocycles. The summed E-state index contributed by atoms with van der Waals surface area (Å²) in [5.74, 6) is 1.58. The summed E-state index contributed by atoms with van der Waals surface area (Å²) in [5, 5.41) is 3.71. The van der Waals surface area contributed by atoms with Crippen LogP contribution >= 0.6 is 0 Å². The van der Waals surface area contributed by atoms with E-state index in [0.29, 0.717) is 55.8 Å². The van der Waals surface area contributed by atoms with Crippen LogP contribution in [-0.4, -0.2) is 39.3 Å². The van der Waals surface area contributed by atoms with Crippen LogP contribution in [0.2, 0.25) is 0 Å². The number of nitrogens with one attached hydrogen (secondary N) is 1. The fraction of sp³-hybridized carbons (Fsp3) is 0.189. The Kier molecular flexibility index (Phi) is 12.4. The van der Waals surface area contributed by atoms with Crippen molar-refractivity contribution in [2.45, 2.75) is 44.4 Å². The molecule has 9 nitrogen and oxygen atoms in total. The van der Waals surface area contributed by atoms with Gasteiger partial charge in [0, 0.05) is 5.92 Å². The molecule has 0 saturated heterocycles. The molecule has 1 aliphatic rings. The molecule has 62 heavy (non-hydrogen) atoms. The third kappa shape index (κ3) is 9.29. The second-order valence-electron chi connectivity index (χ2n) is 15.6. The smallest absolute Gasteiger partial charge is 0.247 e. The number of methoxy groups -OCH3 is 1. The van der Waals surface area contributed by atoms with E-state index in [0.717, 1.165) is 50.3 Å². The predicted molar refractivity (Wildman–Crippen MR) is 244 cm³/mol. The van der Waals surface area contributed by atoms with Crippen molar-refractivity contribution in [3.8, 4) is 22.8 Å². The molecule has 0 amide bonds. The number of benzene rings is 6. The van der Waals surface area contributed by atoms with Crippen molar-refractivity contribution < 1.29 is 18.9 Å². The van der Waals surface area contributed by atoms with Gasteiger partial charge in [0.15, 0.2) is 11.2 Å². The highest BCUT2D eigenvalue weighted by Crippen LogP contribution is 2.43. The molecule has 6 aromatic carbocycles. The lowest BCUT2D eigenvalue weighted by atomic mass is 9.96. The Balaban J connectivity index is 1.05. The minimum Gasteiger partial charge on any atom is -0.497 e. The molecule has 4 atom stereocenters. The molecule has 0 radical (unpaired) electrons. The van der Waals surface area contributed by atoms with Crippen LogP contribution in [0.15, 0.2) is 188 Å². The minimum atomic E-state index is -0.278. The van der Waals surface area contributed by atoms with Crippen molar-refractivity contribution in [2.24, 2.45) is 5.92 Å². The number of hydrogen-bond donors (Lipinski definition) is 1. The maximum Gasteiger partial charge on any atom is 0.247 e. The fourth-order valence-electron chi connectivity index (χ4n) is 8.16. The summed E-state index contributed by atoms with van der Waals surface area (Å²) in [7, 11) is 1.68. The molecule has 0 bridgehead atoms. The topological polar surface area (TPSA) is 92.6 Å².